The Bertz CT molecular complexity index is 533. The summed E-state index contributed by atoms with van der Waals surface area (Å²) in [7, 11) is 0. The fraction of sp³-hybridized carbons (Fsp3) is 0.500. The lowest BCUT2D eigenvalue weighted by molar-refractivity contribution is 0.481. The summed E-state index contributed by atoms with van der Waals surface area (Å²) in [6.45, 7) is 7.40. The van der Waals surface area contributed by atoms with Crippen molar-refractivity contribution >= 4 is 10.9 Å². The van der Waals surface area contributed by atoms with Crippen molar-refractivity contribution in [1.82, 2.24) is 10.3 Å². The first-order chi connectivity index (χ1) is 9.24. The molecule has 1 aliphatic heterocycles. The standard InChI is InChI=1S/C14H17FN2.C2H6/c1-9-4-5-16-13(9)6-10-8-17-14-7-11(15)2-3-12(10)14;1-2/h2-3,7-9,13,16-17H,4-6H2,1H3;1-2H3/t9-,13?;/m0./s1. The summed E-state index contributed by atoms with van der Waals surface area (Å²) in [6, 6.07) is 5.52. The van der Waals surface area contributed by atoms with E-state index in [1.54, 1.807) is 6.07 Å². The third-order valence-electron chi connectivity index (χ3n) is 3.86. The van der Waals surface area contributed by atoms with Gasteiger partial charge in [0.15, 0.2) is 0 Å². The van der Waals surface area contributed by atoms with E-state index in [0.29, 0.717) is 6.04 Å². The average Bonchev–Trinajstić information content (AvgIpc) is 3.00. The Labute approximate surface area is 114 Å². The van der Waals surface area contributed by atoms with Gasteiger partial charge in [0.05, 0.1) is 0 Å². The number of aromatic amines is 1. The van der Waals surface area contributed by atoms with Gasteiger partial charge < -0.3 is 10.3 Å². The molecule has 1 aromatic carbocycles. The van der Waals surface area contributed by atoms with Crippen molar-refractivity contribution in [1.29, 1.82) is 0 Å². The first-order valence-electron chi connectivity index (χ1n) is 7.23. The number of hydrogen-bond donors (Lipinski definition) is 2. The predicted molar refractivity (Wildman–Crippen MR) is 78.9 cm³/mol. The summed E-state index contributed by atoms with van der Waals surface area (Å²) in [5, 5.41) is 4.68. The second-order valence-electron chi connectivity index (χ2n) is 5.03. The molecule has 1 aromatic heterocycles. The molecule has 0 amide bonds. The normalized spacial score (nSPS) is 22.3. The van der Waals surface area contributed by atoms with Crippen LogP contribution in [0.5, 0.6) is 0 Å². The van der Waals surface area contributed by atoms with Crippen molar-refractivity contribution in [2.45, 2.75) is 39.7 Å². The van der Waals surface area contributed by atoms with E-state index >= 15 is 0 Å². The monoisotopic (exact) mass is 262 g/mol. The van der Waals surface area contributed by atoms with Crippen LogP contribution in [0.15, 0.2) is 24.4 Å². The van der Waals surface area contributed by atoms with E-state index in [9.17, 15) is 4.39 Å². The van der Waals surface area contributed by atoms with Gasteiger partial charge in [0.2, 0.25) is 0 Å². The molecule has 1 aliphatic rings. The number of H-pyrrole nitrogens is 1. The highest BCUT2D eigenvalue weighted by Gasteiger charge is 2.23. The molecule has 104 valence electrons. The summed E-state index contributed by atoms with van der Waals surface area (Å²) in [6.07, 6.45) is 4.28. The van der Waals surface area contributed by atoms with E-state index in [4.69, 9.17) is 0 Å². The Morgan fingerprint density at radius 3 is 2.79 bits per heavy atom. The van der Waals surface area contributed by atoms with Gasteiger partial charge in [0, 0.05) is 23.1 Å². The number of nitrogens with one attached hydrogen (secondary N) is 2. The summed E-state index contributed by atoms with van der Waals surface area (Å²) >= 11 is 0. The number of fused-ring (bicyclic) bond motifs is 1. The van der Waals surface area contributed by atoms with Gasteiger partial charge in [-0.3, -0.25) is 0 Å². The van der Waals surface area contributed by atoms with Crippen LogP contribution in [0.4, 0.5) is 4.39 Å². The van der Waals surface area contributed by atoms with Gasteiger partial charge in [-0.25, -0.2) is 4.39 Å². The van der Waals surface area contributed by atoms with E-state index in [-0.39, 0.29) is 5.82 Å². The topological polar surface area (TPSA) is 27.8 Å². The van der Waals surface area contributed by atoms with Gasteiger partial charge in [-0.2, -0.15) is 0 Å². The van der Waals surface area contributed by atoms with Crippen LogP contribution in [-0.2, 0) is 6.42 Å². The van der Waals surface area contributed by atoms with Crippen LogP contribution in [-0.4, -0.2) is 17.6 Å². The SMILES string of the molecule is CC.C[C@H]1CCNC1Cc1c[nH]c2cc(F)ccc12. The molecular weight excluding hydrogens is 239 g/mol. The van der Waals surface area contributed by atoms with Crippen molar-refractivity contribution in [3.05, 3.63) is 35.8 Å². The molecule has 1 saturated heterocycles. The Balaban J connectivity index is 0.000000637. The Morgan fingerprint density at radius 2 is 2.11 bits per heavy atom. The zero-order valence-corrected chi connectivity index (χ0v) is 12.0. The van der Waals surface area contributed by atoms with Crippen LogP contribution < -0.4 is 5.32 Å². The zero-order valence-electron chi connectivity index (χ0n) is 12.0. The smallest absolute Gasteiger partial charge is 0.125 e. The molecule has 0 bridgehead atoms. The average molecular weight is 262 g/mol. The molecule has 19 heavy (non-hydrogen) atoms. The fourth-order valence-corrected chi connectivity index (χ4v) is 2.74. The number of rotatable bonds is 2. The summed E-state index contributed by atoms with van der Waals surface area (Å²) in [4.78, 5) is 3.15. The molecule has 2 aromatic rings. The van der Waals surface area contributed by atoms with Gasteiger partial charge in [0.1, 0.15) is 5.82 Å². The highest BCUT2D eigenvalue weighted by molar-refractivity contribution is 5.83. The van der Waals surface area contributed by atoms with Crippen molar-refractivity contribution in [2.75, 3.05) is 6.54 Å². The minimum absolute atomic E-state index is 0.182. The van der Waals surface area contributed by atoms with Crippen LogP contribution in [0.3, 0.4) is 0 Å². The van der Waals surface area contributed by atoms with Crippen molar-refractivity contribution in [2.24, 2.45) is 5.92 Å². The van der Waals surface area contributed by atoms with Crippen LogP contribution in [0.25, 0.3) is 10.9 Å². The largest absolute Gasteiger partial charge is 0.361 e. The number of hydrogen-bond acceptors (Lipinski definition) is 1. The fourth-order valence-electron chi connectivity index (χ4n) is 2.74. The molecule has 3 heteroatoms. The van der Waals surface area contributed by atoms with Crippen LogP contribution in [0.2, 0.25) is 0 Å². The van der Waals surface area contributed by atoms with Crippen LogP contribution in [0.1, 0.15) is 32.8 Å². The van der Waals surface area contributed by atoms with E-state index in [2.05, 4.69) is 17.2 Å². The van der Waals surface area contributed by atoms with Gasteiger partial charge in [0.25, 0.3) is 0 Å². The molecular formula is C16H23FN2. The highest BCUT2D eigenvalue weighted by Crippen LogP contribution is 2.24. The molecule has 2 N–H and O–H groups in total. The maximum absolute atomic E-state index is 13.1. The van der Waals surface area contributed by atoms with Crippen molar-refractivity contribution < 1.29 is 4.39 Å². The molecule has 0 radical (unpaired) electrons. The second kappa shape index (κ2) is 6.20. The third kappa shape index (κ3) is 2.98. The maximum Gasteiger partial charge on any atom is 0.125 e. The first kappa shape index (κ1) is 14.1. The molecule has 0 spiro atoms. The lowest BCUT2D eigenvalue weighted by Gasteiger charge is -2.14. The van der Waals surface area contributed by atoms with E-state index in [1.807, 2.05) is 26.1 Å². The quantitative estimate of drug-likeness (QED) is 0.844. The molecule has 2 heterocycles. The lowest BCUT2D eigenvalue weighted by atomic mass is 9.96. The van der Waals surface area contributed by atoms with Crippen molar-refractivity contribution in [3.8, 4) is 0 Å². The Hall–Kier alpha value is -1.35. The van der Waals surface area contributed by atoms with E-state index in [1.165, 1.54) is 18.1 Å². The minimum atomic E-state index is -0.182. The van der Waals surface area contributed by atoms with Gasteiger partial charge in [-0.1, -0.05) is 20.8 Å². The maximum atomic E-state index is 13.1. The molecule has 3 rings (SSSR count). The minimum Gasteiger partial charge on any atom is -0.361 e. The zero-order chi connectivity index (χ0) is 13.8. The number of benzene rings is 1. The molecule has 2 nitrogen and oxygen atoms in total. The molecule has 1 fully saturated rings. The van der Waals surface area contributed by atoms with Gasteiger partial charge in [-0.05, 0) is 49.1 Å². The van der Waals surface area contributed by atoms with E-state index < -0.39 is 0 Å². The molecule has 0 saturated carbocycles. The first-order valence-corrected chi connectivity index (χ1v) is 7.23. The van der Waals surface area contributed by atoms with Gasteiger partial charge in [-0.15, -0.1) is 0 Å². The Morgan fingerprint density at radius 1 is 1.32 bits per heavy atom. The van der Waals surface area contributed by atoms with E-state index in [0.717, 1.165) is 29.8 Å². The number of halogens is 1. The Kier molecular flexibility index (Phi) is 4.59. The van der Waals surface area contributed by atoms with Crippen LogP contribution in [0, 0.1) is 11.7 Å². The highest BCUT2D eigenvalue weighted by atomic mass is 19.1. The molecule has 0 aliphatic carbocycles. The molecule has 2 atom stereocenters. The summed E-state index contributed by atoms with van der Waals surface area (Å²) in [5.41, 5.74) is 2.18. The predicted octanol–water partition coefficient (Wildman–Crippen LogP) is 3.87. The lowest BCUT2D eigenvalue weighted by Crippen LogP contribution is -2.27. The summed E-state index contributed by atoms with van der Waals surface area (Å²) in [5.74, 6) is 0.540. The van der Waals surface area contributed by atoms with Gasteiger partial charge >= 0.3 is 0 Å². The second-order valence-corrected chi connectivity index (χ2v) is 5.03. The molecule has 1 unspecified atom stereocenters. The van der Waals surface area contributed by atoms with Crippen molar-refractivity contribution in [3.63, 3.8) is 0 Å². The third-order valence-corrected chi connectivity index (χ3v) is 3.86. The number of aromatic nitrogens is 1. The van der Waals surface area contributed by atoms with Crippen LogP contribution >= 0.6 is 0 Å². The summed E-state index contributed by atoms with van der Waals surface area (Å²) < 4.78 is 13.1.